The van der Waals surface area contributed by atoms with Gasteiger partial charge in [0.2, 0.25) is 0 Å². The highest BCUT2D eigenvalue weighted by molar-refractivity contribution is 5.95. The first-order valence-corrected chi connectivity index (χ1v) is 9.92. The summed E-state index contributed by atoms with van der Waals surface area (Å²) < 4.78 is 11.4. The zero-order valence-electron chi connectivity index (χ0n) is 18.1. The van der Waals surface area contributed by atoms with Gasteiger partial charge in [-0.2, -0.15) is 5.10 Å². The lowest BCUT2D eigenvalue weighted by molar-refractivity contribution is -0.135. The van der Waals surface area contributed by atoms with Crippen molar-refractivity contribution >= 4 is 18.0 Å². The molecule has 0 saturated heterocycles. The number of hydrogen-bond acceptors (Lipinski definition) is 5. The number of hydrazone groups is 1. The van der Waals surface area contributed by atoms with E-state index in [1.807, 2.05) is 19.1 Å². The second kappa shape index (κ2) is 11.0. The van der Waals surface area contributed by atoms with Crippen LogP contribution >= 0.6 is 0 Å². The van der Waals surface area contributed by atoms with Crippen molar-refractivity contribution in [1.29, 1.82) is 0 Å². The Bertz CT molecular complexity index is 892. The number of hydrogen-bond donors (Lipinski definition) is 1. The van der Waals surface area contributed by atoms with Gasteiger partial charge in [0.05, 0.1) is 12.8 Å². The van der Waals surface area contributed by atoms with Crippen molar-refractivity contribution in [3.8, 4) is 11.5 Å². The van der Waals surface area contributed by atoms with E-state index in [0.717, 1.165) is 12.0 Å². The van der Waals surface area contributed by atoms with Gasteiger partial charge in [-0.25, -0.2) is 5.43 Å². The minimum absolute atomic E-state index is 0.141. The fourth-order valence-corrected chi connectivity index (χ4v) is 2.70. The van der Waals surface area contributed by atoms with Gasteiger partial charge in [0, 0.05) is 19.7 Å². The maximum absolute atomic E-state index is 12.2. The molecule has 2 amide bonds. The topological polar surface area (TPSA) is 80.2 Å². The van der Waals surface area contributed by atoms with Crippen LogP contribution in [0.5, 0.6) is 11.5 Å². The van der Waals surface area contributed by atoms with E-state index in [2.05, 4.69) is 17.5 Å². The van der Waals surface area contributed by atoms with Crippen molar-refractivity contribution in [2.45, 2.75) is 33.3 Å². The average Bonchev–Trinajstić information content (AvgIpc) is 2.74. The Morgan fingerprint density at radius 1 is 1.10 bits per heavy atom. The van der Waals surface area contributed by atoms with Crippen LogP contribution in [0.2, 0.25) is 0 Å². The smallest absolute Gasteiger partial charge is 0.271 e. The monoisotopic (exact) mass is 411 g/mol. The highest BCUT2D eigenvalue weighted by Gasteiger charge is 2.18. The molecule has 0 aliphatic rings. The largest absolute Gasteiger partial charge is 0.490 e. The molecule has 0 bridgehead atoms. The molecule has 0 radical (unpaired) electrons. The lowest BCUT2D eigenvalue weighted by Gasteiger charge is -2.20. The van der Waals surface area contributed by atoms with E-state index in [-0.39, 0.29) is 11.8 Å². The molecule has 0 aliphatic heterocycles. The van der Waals surface area contributed by atoms with Crippen molar-refractivity contribution in [2.24, 2.45) is 5.10 Å². The molecule has 0 heterocycles. The maximum Gasteiger partial charge on any atom is 0.271 e. The van der Waals surface area contributed by atoms with Crippen molar-refractivity contribution < 1.29 is 19.1 Å². The zero-order chi connectivity index (χ0) is 22.1. The van der Waals surface area contributed by atoms with Crippen LogP contribution in [0.15, 0.2) is 47.6 Å². The van der Waals surface area contributed by atoms with Gasteiger partial charge in [-0.15, -0.1) is 0 Å². The molecule has 1 atom stereocenters. The normalized spacial score (nSPS) is 11.8. The third-order valence-corrected chi connectivity index (χ3v) is 4.36. The Morgan fingerprint density at radius 2 is 1.80 bits per heavy atom. The SMILES string of the molecule is CCOc1cc(/C=N\NC(=O)c2ccc(CC)cc2)ccc1O[C@H](C)C(=O)N(C)C. The number of carbonyl (C=O) groups is 2. The Hall–Kier alpha value is -3.35. The van der Waals surface area contributed by atoms with Gasteiger partial charge in [0.1, 0.15) is 0 Å². The van der Waals surface area contributed by atoms with Crippen molar-refractivity contribution in [2.75, 3.05) is 20.7 Å². The minimum atomic E-state index is -0.642. The first-order chi connectivity index (χ1) is 14.3. The molecule has 0 spiro atoms. The van der Waals surface area contributed by atoms with Crippen LogP contribution in [0.25, 0.3) is 0 Å². The number of nitrogens with zero attached hydrogens (tertiary/aromatic N) is 2. The number of aryl methyl sites for hydroxylation is 1. The standard InChI is InChI=1S/C23H29N3O4/c1-6-17-8-11-19(12-9-17)22(27)25-24-15-18-10-13-20(21(14-18)29-7-2)30-16(3)23(28)26(4)5/h8-16H,6-7H2,1-5H3,(H,25,27)/b24-15-/t16-/m1/s1. The molecular weight excluding hydrogens is 382 g/mol. The third kappa shape index (κ3) is 6.34. The van der Waals surface area contributed by atoms with Gasteiger partial charge in [-0.1, -0.05) is 19.1 Å². The van der Waals surface area contributed by atoms with Crippen LogP contribution < -0.4 is 14.9 Å². The van der Waals surface area contributed by atoms with E-state index >= 15 is 0 Å². The van der Waals surface area contributed by atoms with E-state index in [1.54, 1.807) is 51.4 Å². The van der Waals surface area contributed by atoms with Gasteiger partial charge in [0.25, 0.3) is 11.8 Å². The summed E-state index contributed by atoms with van der Waals surface area (Å²) in [5.74, 6) is 0.547. The van der Waals surface area contributed by atoms with E-state index in [1.165, 1.54) is 16.7 Å². The molecule has 2 aromatic carbocycles. The van der Waals surface area contributed by atoms with E-state index in [4.69, 9.17) is 9.47 Å². The Morgan fingerprint density at radius 3 is 2.40 bits per heavy atom. The van der Waals surface area contributed by atoms with E-state index < -0.39 is 6.10 Å². The summed E-state index contributed by atoms with van der Waals surface area (Å²) in [6, 6.07) is 12.6. The number of benzene rings is 2. The lowest BCUT2D eigenvalue weighted by atomic mass is 10.1. The molecule has 7 heteroatoms. The second-order valence-corrected chi connectivity index (χ2v) is 6.88. The molecule has 0 unspecified atom stereocenters. The summed E-state index contributed by atoms with van der Waals surface area (Å²) in [6.07, 6.45) is 1.81. The zero-order valence-corrected chi connectivity index (χ0v) is 18.1. The first kappa shape index (κ1) is 22.9. The predicted octanol–water partition coefficient (Wildman–Crippen LogP) is 3.27. The molecule has 2 rings (SSSR count). The Balaban J connectivity index is 2.07. The summed E-state index contributed by atoms with van der Waals surface area (Å²) in [6.45, 7) is 6.06. The fraction of sp³-hybridized carbons (Fsp3) is 0.348. The molecule has 0 saturated carbocycles. The molecule has 7 nitrogen and oxygen atoms in total. The summed E-state index contributed by atoms with van der Waals surface area (Å²) in [5.41, 5.74) is 4.95. The van der Waals surface area contributed by atoms with Crippen molar-refractivity contribution in [3.63, 3.8) is 0 Å². The number of nitrogens with one attached hydrogen (secondary N) is 1. The minimum Gasteiger partial charge on any atom is -0.490 e. The van der Waals surface area contributed by atoms with Crippen LogP contribution in [0.1, 0.15) is 42.3 Å². The predicted molar refractivity (Wildman–Crippen MR) is 117 cm³/mol. The molecule has 0 aliphatic carbocycles. The average molecular weight is 412 g/mol. The summed E-state index contributed by atoms with van der Waals surface area (Å²) in [7, 11) is 3.36. The van der Waals surface area contributed by atoms with Gasteiger partial charge < -0.3 is 14.4 Å². The van der Waals surface area contributed by atoms with Crippen LogP contribution in [0.3, 0.4) is 0 Å². The molecule has 0 fully saturated rings. The molecule has 160 valence electrons. The molecular formula is C23H29N3O4. The number of rotatable bonds is 9. The number of amides is 2. The summed E-state index contributed by atoms with van der Waals surface area (Å²) in [5, 5.41) is 4.02. The van der Waals surface area contributed by atoms with E-state index in [0.29, 0.717) is 23.7 Å². The summed E-state index contributed by atoms with van der Waals surface area (Å²) >= 11 is 0. The molecule has 1 N–H and O–H groups in total. The van der Waals surface area contributed by atoms with Crippen molar-refractivity contribution in [3.05, 3.63) is 59.2 Å². The fourth-order valence-electron chi connectivity index (χ4n) is 2.70. The number of likely N-dealkylation sites (N-methyl/N-ethyl adjacent to an activating group) is 1. The van der Waals surface area contributed by atoms with Gasteiger partial charge in [0.15, 0.2) is 17.6 Å². The summed E-state index contributed by atoms with van der Waals surface area (Å²) in [4.78, 5) is 25.7. The Labute approximate surface area is 177 Å². The third-order valence-electron chi connectivity index (χ3n) is 4.36. The van der Waals surface area contributed by atoms with Crippen LogP contribution in [-0.2, 0) is 11.2 Å². The molecule has 0 aromatic heterocycles. The van der Waals surface area contributed by atoms with Gasteiger partial charge in [-0.3, -0.25) is 9.59 Å². The highest BCUT2D eigenvalue weighted by Crippen LogP contribution is 2.29. The molecule has 2 aromatic rings. The van der Waals surface area contributed by atoms with Crippen molar-refractivity contribution in [1.82, 2.24) is 10.3 Å². The maximum atomic E-state index is 12.2. The number of carbonyl (C=O) groups excluding carboxylic acids is 2. The van der Waals surface area contributed by atoms with E-state index in [9.17, 15) is 9.59 Å². The highest BCUT2D eigenvalue weighted by atomic mass is 16.5. The van der Waals surface area contributed by atoms with Crippen LogP contribution in [0, 0.1) is 0 Å². The Kier molecular flexibility index (Phi) is 8.41. The van der Waals surface area contributed by atoms with Gasteiger partial charge in [-0.05, 0) is 61.7 Å². The van der Waals surface area contributed by atoms with Crippen LogP contribution in [-0.4, -0.2) is 49.7 Å². The molecule has 30 heavy (non-hydrogen) atoms. The first-order valence-electron chi connectivity index (χ1n) is 9.92. The van der Waals surface area contributed by atoms with Crippen LogP contribution in [0.4, 0.5) is 0 Å². The number of ether oxygens (including phenoxy) is 2. The van der Waals surface area contributed by atoms with Gasteiger partial charge >= 0.3 is 0 Å². The lowest BCUT2D eigenvalue weighted by Crippen LogP contribution is -2.35. The second-order valence-electron chi connectivity index (χ2n) is 6.88. The quantitative estimate of drug-likeness (QED) is 0.507.